The minimum absolute atomic E-state index is 0.997. The lowest BCUT2D eigenvalue weighted by Gasteiger charge is -2.25. The molecular weight excluding hydrogens is 240 g/mol. The van der Waals surface area contributed by atoms with E-state index in [0.29, 0.717) is 0 Å². The Balaban J connectivity index is 2.29. The summed E-state index contributed by atoms with van der Waals surface area (Å²) in [6.07, 6.45) is 2.08. The van der Waals surface area contributed by atoms with Crippen molar-refractivity contribution in [3.8, 4) is 0 Å². The van der Waals surface area contributed by atoms with Crippen LogP contribution in [0, 0.1) is 6.92 Å². The molecule has 2 aromatic rings. The summed E-state index contributed by atoms with van der Waals surface area (Å²) >= 11 is 0. The molecule has 0 heteroatoms. The third kappa shape index (κ3) is 2.12. The van der Waals surface area contributed by atoms with Crippen LogP contribution in [0.1, 0.15) is 42.0 Å². The van der Waals surface area contributed by atoms with Crippen molar-refractivity contribution in [2.24, 2.45) is 0 Å². The highest BCUT2D eigenvalue weighted by atomic mass is 14.2. The van der Waals surface area contributed by atoms with Gasteiger partial charge in [0.1, 0.15) is 0 Å². The van der Waals surface area contributed by atoms with E-state index in [2.05, 4.69) is 69.0 Å². The van der Waals surface area contributed by atoms with E-state index in [1.165, 1.54) is 39.0 Å². The Labute approximate surface area is 121 Å². The van der Waals surface area contributed by atoms with E-state index in [4.69, 9.17) is 0 Å². The molecule has 0 fully saturated rings. The standard InChI is InChI=1S/C20H20/c1-4-16-13-15(3)18-11-10-14(2)12-19(18)20(16)17-8-6-5-7-9-17/h5-12H,3-4,13H2,1-2H3. The molecule has 0 N–H and O–H groups in total. The molecule has 1 aliphatic rings. The quantitative estimate of drug-likeness (QED) is 0.657. The van der Waals surface area contributed by atoms with Gasteiger partial charge in [0.2, 0.25) is 0 Å². The molecule has 0 spiro atoms. The molecule has 0 bridgehead atoms. The topological polar surface area (TPSA) is 0 Å². The van der Waals surface area contributed by atoms with Gasteiger partial charge >= 0.3 is 0 Å². The fourth-order valence-corrected chi connectivity index (χ4v) is 3.07. The van der Waals surface area contributed by atoms with Gasteiger partial charge in [0.25, 0.3) is 0 Å². The monoisotopic (exact) mass is 260 g/mol. The first-order valence-electron chi connectivity index (χ1n) is 7.27. The number of hydrogen-bond acceptors (Lipinski definition) is 0. The van der Waals surface area contributed by atoms with Crippen molar-refractivity contribution in [1.29, 1.82) is 0 Å². The van der Waals surface area contributed by atoms with Crippen LogP contribution >= 0.6 is 0 Å². The van der Waals surface area contributed by atoms with Gasteiger partial charge in [0, 0.05) is 0 Å². The minimum atomic E-state index is 0.997. The third-order valence-electron chi connectivity index (χ3n) is 4.09. The molecule has 20 heavy (non-hydrogen) atoms. The van der Waals surface area contributed by atoms with Crippen LogP contribution in [0.15, 0.2) is 60.7 Å². The maximum Gasteiger partial charge on any atom is -0.00575 e. The summed E-state index contributed by atoms with van der Waals surface area (Å²) in [7, 11) is 0. The highest BCUT2D eigenvalue weighted by Crippen LogP contribution is 2.41. The van der Waals surface area contributed by atoms with E-state index < -0.39 is 0 Å². The fourth-order valence-electron chi connectivity index (χ4n) is 3.07. The van der Waals surface area contributed by atoms with Crippen LogP contribution < -0.4 is 0 Å². The van der Waals surface area contributed by atoms with Crippen LogP contribution in [0.25, 0.3) is 11.1 Å². The van der Waals surface area contributed by atoms with Gasteiger partial charge in [0.15, 0.2) is 0 Å². The van der Waals surface area contributed by atoms with Crippen LogP contribution in [0.2, 0.25) is 0 Å². The van der Waals surface area contributed by atoms with Gasteiger partial charge in [-0.1, -0.05) is 73.2 Å². The summed E-state index contributed by atoms with van der Waals surface area (Å²) in [5.74, 6) is 0. The SMILES string of the molecule is C=C1CC(CC)=C(c2ccccc2)c2cc(C)ccc21. The van der Waals surface area contributed by atoms with Crippen LogP contribution in [0.5, 0.6) is 0 Å². The average Bonchev–Trinajstić information content (AvgIpc) is 2.47. The molecule has 0 saturated carbocycles. The average molecular weight is 260 g/mol. The van der Waals surface area contributed by atoms with Crippen molar-refractivity contribution in [3.05, 3.63) is 82.9 Å². The molecule has 3 rings (SSSR count). The van der Waals surface area contributed by atoms with Crippen molar-refractivity contribution in [3.63, 3.8) is 0 Å². The lowest BCUT2D eigenvalue weighted by atomic mass is 9.79. The predicted molar refractivity (Wildman–Crippen MR) is 87.6 cm³/mol. The second kappa shape index (κ2) is 5.13. The van der Waals surface area contributed by atoms with Gasteiger partial charge in [0.05, 0.1) is 0 Å². The Morgan fingerprint density at radius 3 is 2.45 bits per heavy atom. The molecular formula is C20H20. The minimum Gasteiger partial charge on any atom is -0.0949 e. The second-order valence-electron chi connectivity index (χ2n) is 5.53. The Bertz CT molecular complexity index is 687. The zero-order valence-corrected chi connectivity index (χ0v) is 12.2. The predicted octanol–water partition coefficient (Wildman–Crippen LogP) is 5.62. The fraction of sp³-hybridized carbons (Fsp3) is 0.200. The summed E-state index contributed by atoms with van der Waals surface area (Å²) in [5, 5.41) is 0. The molecule has 0 nitrogen and oxygen atoms in total. The van der Waals surface area contributed by atoms with Gasteiger partial charge in [-0.15, -0.1) is 0 Å². The molecule has 0 saturated heterocycles. The van der Waals surface area contributed by atoms with Crippen LogP contribution in [-0.2, 0) is 0 Å². The number of hydrogen-bond donors (Lipinski definition) is 0. The van der Waals surface area contributed by atoms with Gasteiger partial charge in [-0.05, 0) is 47.6 Å². The zero-order valence-electron chi connectivity index (χ0n) is 12.2. The maximum atomic E-state index is 4.28. The first-order valence-corrected chi connectivity index (χ1v) is 7.27. The molecule has 0 aromatic heterocycles. The molecule has 100 valence electrons. The van der Waals surface area contributed by atoms with Crippen LogP contribution in [-0.4, -0.2) is 0 Å². The van der Waals surface area contributed by atoms with E-state index in [9.17, 15) is 0 Å². The molecule has 0 radical (unpaired) electrons. The molecule has 1 aliphatic carbocycles. The largest absolute Gasteiger partial charge is 0.0949 e. The Hall–Kier alpha value is -2.08. The van der Waals surface area contributed by atoms with Crippen molar-refractivity contribution in [2.75, 3.05) is 0 Å². The summed E-state index contributed by atoms with van der Waals surface area (Å²) in [4.78, 5) is 0. The number of allylic oxidation sites excluding steroid dienone is 2. The summed E-state index contributed by atoms with van der Waals surface area (Å²) in [5.41, 5.74) is 9.46. The Morgan fingerprint density at radius 2 is 1.75 bits per heavy atom. The molecule has 0 atom stereocenters. The van der Waals surface area contributed by atoms with Crippen molar-refractivity contribution >= 4 is 11.1 Å². The van der Waals surface area contributed by atoms with Crippen LogP contribution in [0.3, 0.4) is 0 Å². The zero-order chi connectivity index (χ0) is 14.1. The number of benzene rings is 2. The summed E-state index contributed by atoms with van der Waals surface area (Å²) < 4.78 is 0. The lowest BCUT2D eigenvalue weighted by Crippen LogP contribution is -2.05. The highest BCUT2D eigenvalue weighted by molar-refractivity contribution is 5.93. The van der Waals surface area contributed by atoms with Crippen molar-refractivity contribution in [1.82, 2.24) is 0 Å². The highest BCUT2D eigenvalue weighted by Gasteiger charge is 2.21. The second-order valence-corrected chi connectivity index (χ2v) is 5.53. The molecule has 0 unspecified atom stereocenters. The Kier molecular flexibility index (Phi) is 3.31. The normalized spacial score (nSPS) is 14.4. The van der Waals surface area contributed by atoms with Gasteiger partial charge < -0.3 is 0 Å². The maximum absolute atomic E-state index is 4.28. The smallest absolute Gasteiger partial charge is 0.00575 e. The molecule has 2 aromatic carbocycles. The first-order chi connectivity index (χ1) is 9.70. The lowest BCUT2D eigenvalue weighted by molar-refractivity contribution is 1.03. The van der Waals surface area contributed by atoms with E-state index in [0.717, 1.165) is 12.8 Å². The number of fused-ring (bicyclic) bond motifs is 1. The van der Waals surface area contributed by atoms with Gasteiger partial charge in [-0.3, -0.25) is 0 Å². The van der Waals surface area contributed by atoms with Crippen molar-refractivity contribution < 1.29 is 0 Å². The number of aryl methyl sites for hydroxylation is 1. The van der Waals surface area contributed by atoms with Gasteiger partial charge in [-0.2, -0.15) is 0 Å². The first kappa shape index (κ1) is 12.9. The van der Waals surface area contributed by atoms with E-state index in [1.807, 2.05) is 0 Å². The van der Waals surface area contributed by atoms with Crippen molar-refractivity contribution in [2.45, 2.75) is 26.7 Å². The summed E-state index contributed by atoms with van der Waals surface area (Å²) in [6.45, 7) is 8.68. The summed E-state index contributed by atoms with van der Waals surface area (Å²) in [6, 6.07) is 17.5. The molecule has 0 heterocycles. The molecule has 0 amide bonds. The van der Waals surface area contributed by atoms with E-state index >= 15 is 0 Å². The van der Waals surface area contributed by atoms with Gasteiger partial charge in [-0.25, -0.2) is 0 Å². The van der Waals surface area contributed by atoms with E-state index in [-0.39, 0.29) is 0 Å². The molecule has 0 aliphatic heterocycles. The van der Waals surface area contributed by atoms with Crippen LogP contribution in [0.4, 0.5) is 0 Å². The number of rotatable bonds is 2. The third-order valence-corrected chi connectivity index (χ3v) is 4.09. The van der Waals surface area contributed by atoms with E-state index in [1.54, 1.807) is 0 Å². The Morgan fingerprint density at radius 1 is 1.00 bits per heavy atom.